The van der Waals surface area contributed by atoms with Crippen LogP contribution in [0.15, 0.2) is 12.1 Å². The molecule has 0 spiro atoms. The van der Waals surface area contributed by atoms with Crippen molar-refractivity contribution in [2.24, 2.45) is 5.73 Å². The summed E-state index contributed by atoms with van der Waals surface area (Å²) >= 11 is 0. The Morgan fingerprint density at radius 1 is 1.19 bits per heavy atom. The Morgan fingerprint density at radius 2 is 1.92 bits per heavy atom. The Morgan fingerprint density at radius 3 is 2.62 bits per heavy atom. The fourth-order valence-corrected chi connectivity index (χ4v) is 4.06. The van der Waals surface area contributed by atoms with Gasteiger partial charge in [0.15, 0.2) is 0 Å². The number of amides is 1. The van der Waals surface area contributed by atoms with Gasteiger partial charge in [-0.05, 0) is 62.4 Å². The molecule has 0 atom stereocenters. The lowest BCUT2D eigenvalue weighted by molar-refractivity contribution is 0.100. The number of hydrogen-bond acceptors (Lipinski definition) is 4. The van der Waals surface area contributed by atoms with Crippen LogP contribution < -0.4 is 16.8 Å². The van der Waals surface area contributed by atoms with E-state index >= 15 is 0 Å². The molecule has 4 rings (SSSR count). The standard InChI is InChI=1S/C20H23N5O/c1-9-8-14-15(19(22)26)18(21)25(20(14)24-12(9)4)17-10(2)7-13-5-6-23-16(13)11(17)3/h7-8,23H,5-6,21H2,1-4H3,(H2,22,26). The molecule has 6 heteroatoms. The molecule has 2 aromatic heterocycles. The molecule has 3 aromatic rings. The summed E-state index contributed by atoms with van der Waals surface area (Å²) in [6.45, 7) is 9.00. The largest absolute Gasteiger partial charge is 0.384 e. The Kier molecular flexibility index (Phi) is 3.47. The van der Waals surface area contributed by atoms with Gasteiger partial charge in [-0.15, -0.1) is 0 Å². The van der Waals surface area contributed by atoms with Crippen LogP contribution in [0.4, 0.5) is 11.5 Å². The first-order chi connectivity index (χ1) is 12.3. The number of carbonyl (C=O) groups is 1. The van der Waals surface area contributed by atoms with E-state index in [1.807, 2.05) is 24.5 Å². The van der Waals surface area contributed by atoms with Crippen LogP contribution in [-0.4, -0.2) is 22.0 Å². The molecule has 0 bridgehead atoms. The number of aryl methyl sites for hydroxylation is 3. The summed E-state index contributed by atoms with van der Waals surface area (Å²) < 4.78 is 1.88. The van der Waals surface area contributed by atoms with E-state index in [4.69, 9.17) is 16.5 Å². The molecule has 5 N–H and O–H groups in total. The highest BCUT2D eigenvalue weighted by atomic mass is 16.1. The Hall–Kier alpha value is -3.02. The molecule has 3 heterocycles. The van der Waals surface area contributed by atoms with Gasteiger partial charge in [0, 0.05) is 23.3 Å². The summed E-state index contributed by atoms with van der Waals surface area (Å²) in [5.74, 6) is -0.194. The number of nitrogens with one attached hydrogen (secondary N) is 1. The summed E-state index contributed by atoms with van der Waals surface area (Å²) in [4.78, 5) is 16.9. The molecule has 0 unspecified atom stereocenters. The number of rotatable bonds is 2. The van der Waals surface area contributed by atoms with Crippen LogP contribution in [0.5, 0.6) is 0 Å². The summed E-state index contributed by atoms with van der Waals surface area (Å²) in [5, 5.41) is 4.16. The zero-order valence-electron chi connectivity index (χ0n) is 15.5. The van der Waals surface area contributed by atoms with Crippen molar-refractivity contribution in [2.75, 3.05) is 17.6 Å². The van der Waals surface area contributed by atoms with Crippen LogP contribution in [0.25, 0.3) is 16.7 Å². The molecule has 0 aliphatic carbocycles. The second kappa shape index (κ2) is 5.49. The number of aromatic nitrogens is 2. The molecule has 1 aromatic carbocycles. The maximum atomic E-state index is 12.1. The van der Waals surface area contributed by atoms with E-state index in [9.17, 15) is 4.79 Å². The first kappa shape index (κ1) is 16.4. The minimum atomic E-state index is -0.536. The maximum Gasteiger partial charge on any atom is 0.253 e. The maximum absolute atomic E-state index is 12.1. The van der Waals surface area contributed by atoms with Gasteiger partial charge in [-0.3, -0.25) is 9.36 Å². The van der Waals surface area contributed by atoms with Crippen LogP contribution in [0.3, 0.4) is 0 Å². The molecular formula is C20H23N5O. The molecule has 0 saturated carbocycles. The van der Waals surface area contributed by atoms with Crippen molar-refractivity contribution in [2.45, 2.75) is 34.1 Å². The van der Waals surface area contributed by atoms with Gasteiger partial charge < -0.3 is 16.8 Å². The van der Waals surface area contributed by atoms with Crippen LogP contribution in [0.1, 0.15) is 38.3 Å². The molecule has 1 aliphatic heterocycles. The number of nitrogens with zero attached hydrogens (tertiary/aromatic N) is 2. The van der Waals surface area contributed by atoms with E-state index in [1.165, 1.54) is 5.56 Å². The number of fused-ring (bicyclic) bond motifs is 2. The number of pyridine rings is 1. The number of primary amides is 1. The predicted molar refractivity (Wildman–Crippen MR) is 105 cm³/mol. The van der Waals surface area contributed by atoms with Crippen LogP contribution in [0, 0.1) is 27.7 Å². The van der Waals surface area contributed by atoms with E-state index in [1.54, 1.807) is 0 Å². The van der Waals surface area contributed by atoms with Crippen molar-refractivity contribution >= 4 is 28.4 Å². The molecule has 1 aliphatic rings. The highest BCUT2D eigenvalue weighted by molar-refractivity contribution is 6.11. The number of carbonyl (C=O) groups excluding carboxylic acids is 1. The molecule has 6 nitrogen and oxygen atoms in total. The number of hydrogen-bond donors (Lipinski definition) is 3. The predicted octanol–water partition coefficient (Wildman–Crippen LogP) is 2.91. The van der Waals surface area contributed by atoms with Crippen molar-refractivity contribution in [3.8, 4) is 5.69 Å². The van der Waals surface area contributed by atoms with Crippen molar-refractivity contribution in [1.82, 2.24) is 9.55 Å². The lowest BCUT2D eigenvalue weighted by Crippen LogP contribution is -2.14. The minimum Gasteiger partial charge on any atom is -0.384 e. The van der Waals surface area contributed by atoms with E-state index in [0.29, 0.717) is 22.4 Å². The molecular weight excluding hydrogens is 326 g/mol. The fourth-order valence-electron chi connectivity index (χ4n) is 4.06. The van der Waals surface area contributed by atoms with E-state index < -0.39 is 5.91 Å². The van der Waals surface area contributed by atoms with Gasteiger partial charge in [0.05, 0.1) is 11.3 Å². The molecule has 0 fully saturated rings. The zero-order valence-corrected chi connectivity index (χ0v) is 15.5. The zero-order chi connectivity index (χ0) is 18.7. The van der Waals surface area contributed by atoms with E-state index in [0.717, 1.165) is 46.7 Å². The Bertz CT molecular complexity index is 1090. The Labute approximate surface area is 152 Å². The van der Waals surface area contributed by atoms with Crippen LogP contribution >= 0.6 is 0 Å². The smallest absolute Gasteiger partial charge is 0.253 e. The molecule has 134 valence electrons. The fraction of sp³-hybridized carbons (Fsp3) is 0.300. The molecule has 0 radical (unpaired) electrons. The van der Waals surface area contributed by atoms with Crippen molar-refractivity contribution in [3.05, 3.63) is 45.6 Å². The summed E-state index contributed by atoms with van der Waals surface area (Å²) in [6, 6.07) is 4.13. The number of anilines is 2. The normalized spacial score (nSPS) is 13.1. The highest BCUT2D eigenvalue weighted by Gasteiger charge is 2.26. The minimum absolute atomic E-state index is 0.336. The van der Waals surface area contributed by atoms with Crippen molar-refractivity contribution < 1.29 is 4.79 Å². The number of nitrogens with two attached hydrogens (primary N) is 2. The average Bonchev–Trinajstić information content (AvgIpc) is 3.12. The Balaban J connectivity index is 2.16. The monoisotopic (exact) mass is 349 g/mol. The van der Waals surface area contributed by atoms with Gasteiger partial charge in [0.25, 0.3) is 5.91 Å². The van der Waals surface area contributed by atoms with Gasteiger partial charge in [0.1, 0.15) is 11.5 Å². The SMILES string of the molecule is Cc1cc2c(C(N)=O)c(N)n(-c3c(C)cc4c(c3C)NCC4)c2nc1C. The van der Waals surface area contributed by atoms with Gasteiger partial charge in [-0.1, -0.05) is 6.07 Å². The second-order valence-electron chi connectivity index (χ2n) is 7.10. The van der Waals surface area contributed by atoms with Crippen LogP contribution in [0.2, 0.25) is 0 Å². The van der Waals surface area contributed by atoms with Gasteiger partial charge in [-0.2, -0.15) is 0 Å². The van der Waals surface area contributed by atoms with E-state index in [-0.39, 0.29) is 0 Å². The van der Waals surface area contributed by atoms with Gasteiger partial charge >= 0.3 is 0 Å². The molecule has 0 saturated heterocycles. The first-order valence-electron chi connectivity index (χ1n) is 8.76. The molecule has 26 heavy (non-hydrogen) atoms. The number of benzene rings is 1. The van der Waals surface area contributed by atoms with E-state index in [2.05, 4.69) is 25.2 Å². The first-order valence-corrected chi connectivity index (χ1v) is 8.76. The summed E-state index contributed by atoms with van der Waals surface area (Å²) in [6.07, 6.45) is 1.02. The highest BCUT2D eigenvalue weighted by Crippen LogP contribution is 2.38. The van der Waals surface area contributed by atoms with Gasteiger partial charge in [-0.25, -0.2) is 4.98 Å². The lowest BCUT2D eigenvalue weighted by Gasteiger charge is -2.18. The van der Waals surface area contributed by atoms with Crippen molar-refractivity contribution in [3.63, 3.8) is 0 Å². The molecule has 1 amide bonds. The second-order valence-corrected chi connectivity index (χ2v) is 7.10. The topological polar surface area (TPSA) is 99.0 Å². The third-order valence-corrected chi connectivity index (χ3v) is 5.41. The van der Waals surface area contributed by atoms with Crippen LogP contribution in [-0.2, 0) is 6.42 Å². The third kappa shape index (κ3) is 2.11. The van der Waals surface area contributed by atoms with Crippen molar-refractivity contribution in [1.29, 1.82) is 0 Å². The summed E-state index contributed by atoms with van der Waals surface area (Å²) in [7, 11) is 0. The summed E-state index contributed by atoms with van der Waals surface area (Å²) in [5.41, 5.74) is 20.6. The number of nitrogen functional groups attached to an aromatic ring is 1. The quantitative estimate of drug-likeness (QED) is 0.662. The van der Waals surface area contributed by atoms with Gasteiger partial charge in [0.2, 0.25) is 0 Å². The average molecular weight is 349 g/mol. The lowest BCUT2D eigenvalue weighted by atomic mass is 10.0. The third-order valence-electron chi connectivity index (χ3n) is 5.41.